The highest BCUT2D eigenvalue weighted by molar-refractivity contribution is 5.81. The van der Waals surface area contributed by atoms with Gasteiger partial charge < -0.3 is 19.9 Å². The van der Waals surface area contributed by atoms with E-state index in [1.807, 2.05) is 24.3 Å². The molecule has 0 radical (unpaired) electrons. The molecule has 0 aliphatic heterocycles. The van der Waals surface area contributed by atoms with E-state index in [0.29, 0.717) is 30.0 Å². The second-order valence-corrected chi connectivity index (χ2v) is 6.02. The first kappa shape index (κ1) is 20.3. The molecule has 0 aliphatic rings. The molecule has 1 unspecified atom stereocenters. The third kappa shape index (κ3) is 5.77. The number of hydrogen-bond acceptors (Lipinski definition) is 4. The second kappa shape index (κ2) is 10.2. The van der Waals surface area contributed by atoms with Crippen LogP contribution in [0.4, 0.5) is 0 Å². The predicted molar refractivity (Wildman–Crippen MR) is 105 cm³/mol. The molecule has 0 aromatic heterocycles. The van der Waals surface area contributed by atoms with Gasteiger partial charge in [0.2, 0.25) is 0 Å². The minimum atomic E-state index is -1.18. The molecule has 5 nitrogen and oxygen atoms in total. The van der Waals surface area contributed by atoms with Crippen molar-refractivity contribution in [3.8, 4) is 23.8 Å². The van der Waals surface area contributed by atoms with Gasteiger partial charge >= 0.3 is 0 Å². The van der Waals surface area contributed by atoms with Crippen LogP contribution in [0.1, 0.15) is 29.7 Å². The Hall–Kier alpha value is -2.97. The molecule has 0 fully saturated rings. The van der Waals surface area contributed by atoms with Crippen molar-refractivity contribution in [1.29, 1.82) is 0 Å². The molecule has 0 saturated carbocycles. The zero-order valence-electron chi connectivity index (χ0n) is 15.7. The molecule has 0 bridgehead atoms. The van der Waals surface area contributed by atoms with Crippen molar-refractivity contribution in [2.45, 2.75) is 25.9 Å². The highest BCUT2D eigenvalue weighted by Crippen LogP contribution is 2.28. The van der Waals surface area contributed by atoms with Crippen LogP contribution in [0.3, 0.4) is 0 Å². The van der Waals surface area contributed by atoms with E-state index in [2.05, 4.69) is 18.2 Å². The van der Waals surface area contributed by atoms with Crippen LogP contribution in [-0.4, -0.2) is 31.3 Å². The average molecular weight is 367 g/mol. The van der Waals surface area contributed by atoms with E-state index in [-0.39, 0.29) is 6.61 Å². The van der Waals surface area contributed by atoms with Gasteiger partial charge in [-0.2, -0.15) is 0 Å². The molecule has 142 valence electrons. The maximum absolute atomic E-state index is 12.2. The van der Waals surface area contributed by atoms with E-state index < -0.39 is 12.0 Å². The normalized spacial score (nSPS) is 11.3. The molecule has 0 saturated heterocycles. The monoisotopic (exact) mass is 367 g/mol. The third-order valence-corrected chi connectivity index (χ3v) is 4.20. The number of methoxy groups -OCH3 is 1. The Morgan fingerprint density at radius 2 is 1.89 bits per heavy atom. The van der Waals surface area contributed by atoms with Gasteiger partial charge in [-0.1, -0.05) is 43.2 Å². The number of aryl methyl sites for hydroxylation is 1. The van der Waals surface area contributed by atoms with E-state index in [1.165, 1.54) is 0 Å². The summed E-state index contributed by atoms with van der Waals surface area (Å²) >= 11 is 0. The highest BCUT2D eigenvalue weighted by atomic mass is 16.5. The molecule has 2 rings (SSSR count). The number of carbonyl (C=O) groups excluding carboxylic acids is 1. The molecule has 2 N–H and O–H groups in total. The SMILES string of the molecule is C#CCOc1ccc(CCNC(=O)C(O)c2ccc(CC)cc2)cc1OC. The fraction of sp³-hybridized carbons (Fsp3) is 0.318. The van der Waals surface area contributed by atoms with Crippen LogP contribution < -0.4 is 14.8 Å². The lowest BCUT2D eigenvalue weighted by atomic mass is 10.1. The van der Waals surface area contributed by atoms with Gasteiger partial charge in [-0.15, -0.1) is 6.42 Å². The van der Waals surface area contributed by atoms with E-state index in [4.69, 9.17) is 15.9 Å². The van der Waals surface area contributed by atoms with Gasteiger partial charge in [0, 0.05) is 6.54 Å². The van der Waals surface area contributed by atoms with Crippen molar-refractivity contribution in [3.63, 3.8) is 0 Å². The Morgan fingerprint density at radius 3 is 2.52 bits per heavy atom. The molecule has 0 heterocycles. The number of amides is 1. The molecular formula is C22H25NO4. The number of rotatable bonds is 9. The van der Waals surface area contributed by atoms with Crippen LogP contribution in [0.2, 0.25) is 0 Å². The standard InChI is InChI=1S/C22H25NO4/c1-4-14-27-19-11-8-17(15-20(19)26-3)12-13-23-22(25)21(24)18-9-6-16(5-2)7-10-18/h1,6-11,15,21,24H,5,12-14H2,2-3H3,(H,23,25). The first-order valence-corrected chi connectivity index (χ1v) is 8.86. The highest BCUT2D eigenvalue weighted by Gasteiger charge is 2.16. The first-order chi connectivity index (χ1) is 13.1. The smallest absolute Gasteiger partial charge is 0.253 e. The molecule has 2 aromatic rings. The molecule has 2 aromatic carbocycles. The first-order valence-electron chi connectivity index (χ1n) is 8.86. The number of carbonyl (C=O) groups is 1. The van der Waals surface area contributed by atoms with Crippen LogP contribution in [0, 0.1) is 12.3 Å². The molecule has 1 amide bonds. The van der Waals surface area contributed by atoms with Crippen LogP contribution >= 0.6 is 0 Å². The predicted octanol–water partition coefficient (Wildman–Crippen LogP) is 2.66. The zero-order chi connectivity index (χ0) is 19.6. The van der Waals surface area contributed by atoms with Crippen molar-refractivity contribution in [2.75, 3.05) is 20.3 Å². The Balaban J connectivity index is 1.89. The summed E-state index contributed by atoms with van der Waals surface area (Å²) in [5.74, 6) is 3.16. The molecule has 0 aliphatic carbocycles. The minimum Gasteiger partial charge on any atom is -0.493 e. The zero-order valence-corrected chi connectivity index (χ0v) is 15.7. The van der Waals surface area contributed by atoms with Gasteiger partial charge in [-0.3, -0.25) is 4.79 Å². The van der Waals surface area contributed by atoms with Gasteiger partial charge in [0.25, 0.3) is 5.91 Å². The summed E-state index contributed by atoms with van der Waals surface area (Å²) in [5.41, 5.74) is 2.72. The van der Waals surface area contributed by atoms with E-state index in [9.17, 15) is 9.90 Å². The third-order valence-electron chi connectivity index (χ3n) is 4.20. The number of ether oxygens (including phenoxy) is 2. The summed E-state index contributed by atoms with van der Waals surface area (Å²) < 4.78 is 10.7. The second-order valence-electron chi connectivity index (χ2n) is 6.02. The average Bonchev–Trinajstić information content (AvgIpc) is 2.72. The lowest BCUT2D eigenvalue weighted by Gasteiger charge is -2.13. The number of aliphatic hydroxyl groups excluding tert-OH is 1. The van der Waals surface area contributed by atoms with Crippen molar-refractivity contribution >= 4 is 5.91 Å². The maximum Gasteiger partial charge on any atom is 0.253 e. The number of aliphatic hydroxyl groups is 1. The van der Waals surface area contributed by atoms with Crippen LogP contribution in [0.15, 0.2) is 42.5 Å². The fourth-order valence-corrected chi connectivity index (χ4v) is 2.62. The quantitative estimate of drug-likeness (QED) is 0.669. The molecule has 0 spiro atoms. The van der Waals surface area contributed by atoms with Crippen molar-refractivity contribution in [3.05, 3.63) is 59.2 Å². The van der Waals surface area contributed by atoms with Gasteiger partial charge in [-0.25, -0.2) is 0 Å². The topological polar surface area (TPSA) is 67.8 Å². The van der Waals surface area contributed by atoms with Crippen molar-refractivity contribution < 1.29 is 19.4 Å². The van der Waals surface area contributed by atoms with Gasteiger partial charge in [0.15, 0.2) is 17.6 Å². The lowest BCUT2D eigenvalue weighted by Crippen LogP contribution is -2.31. The minimum absolute atomic E-state index is 0.170. The van der Waals surface area contributed by atoms with Crippen molar-refractivity contribution in [1.82, 2.24) is 5.32 Å². The molecular weight excluding hydrogens is 342 g/mol. The van der Waals surface area contributed by atoms with Crippen LogP contribution in [0.5, 0.6) is 11.5 Å². The Bertz CT molecular complexity index is 793. The van der Waals surface area contributed by atoms with Crippen LogP contribution in [0.25, 0.3) is 0 Å². The fourth-order valence-electron chi connectivity index (χ4n) is 2.62. The Labute approximate surface area is 160 Å². The summed E-state index contributed by atoms with van der Waals surface area (Å²) in [4.78, 5) is 12.2. The number of benzene rings is 2. The number of nitrogens with one attached hydrogen (secondary N) is 1. The van der Waals surface area contributed by atoms with Gasteiger partial charge in [0.1, 0.15) is 6.61 Å². The number of hydrogen-bond donors (Lipinski definition) is 2. The largest absolute Gasteiger partial charge is 0.493 e. The summed E-state index contributed by atoms with van der Waals surface area (Å²) in [6, 6.07) is 12.9. The summed E-state index contributed by atoms with van der Waals surface area (Å²) in [6.45, 7) is 2.63. The van der Waals surface area contributed by atoms with E-state index in [0.717, 1.165) is 17.5 Å². The van der Waals surface area contributed by atoms with E-state index in [1.54, 1.807) is 25.3 Å². The molecule has 1 atom stereocenters. The van der Waals surface area contributed by atoms with Gasteiger partial charge in [0.05, 0.1) is 7.11 Å². The van der Waals surface area contributed by atoms with Crippen molar-refractivity contribution in [2.24, 2.45) is 0 Å². The lowest BCUT2D eigenvalue weighted by molar-refractivity contribution is -0.129. The van der Waals surface area contributed by atoms with Gasteiger partial charge in [-0.05, 0) is 41.7 Å². The maximum atomic E-state index is 12.2. The van der Waals surface area contributed by atoms with Crippen LogP contribution in [-0.2, 0) is 17.6 Å². The molecule has 5 heteroatoms. The van der Waals surface area contributed by atoms with E-state index >= 15 is 0 Å². The summed E-state index contributed by atoms with van der Waals surface area (Å²) in [5, 5.41) is 12.9. The Morgan fingerprint density at radius 1 is 1.19 bits per heavy atom. The Kier molecular flexibility index (Phi) is 7.72. The number of terminal acetylenes is 1. The summed E-state index contributed by atoms with van der Waals surface area (Å²) in [7, 11) is 1.56. The summed E-state index contributed by atoms with van der Waals surface area (Å²) in [6.07, 6.45) is 5.53. The molecule has 27 heavy (non-hydrogen) atoms.